The molecule has 0 spiro atoms. The van der Waals surface area contributed by atoms with E-state index in [9.17, 15) is 0 Å². The highest BCUT2D eigenvalue weighted by atomic mass is 35.5. The van der Waals surface area contributed by atoms with Crippen LogP contribution in [0, 0.1) is 0 Å². The number of guanidine groups is 1. The lowest BCUT2D eigenvalue weighted by Crippen LogP contribution is -2.38. The van der Waals surface area contributed by atoms with Gasteiger partial charge in [0.2, 0.25) is 0 Å². The van der Waals surface area contributed by atoms with Crippen LogP contribution in [0.15, 0.2) is 34.2 Å². The minimum absolute atomic E-state index is 0.776. The van der Waals surface area contributed by atoms with E-state index in [0.717, 1.165) is 49.3 Å². The van der Waals surface area contributed by atoms with E-state index in [1.807, 2.05) is 24.3 Å². The summed E-state index contributed by atoms with van der Waals surface area (Å²) in [5.74, 6) is 1.85. The van der Waals surface area contributed by atoms with E-state index in [1.54, 1.807) is 25.9 Å². The smallest absolute Gasteiger partial charge is 0.191 e. The quantitative estimate of drug-likeness (QED) is 0.296. The molecule has 0 saturated carbocycles. The molecular formula is C16H26ClN3OS. The largest absolute Gasteiger partial charge is 0.385 e. The van der Waals surface area contributed by atoms with Crippen molar-refractivity contribution >= 4 is 29.3 Å². The third kappa shape index (κ3) is 9.18. The highest BCUT2D eigenvalue weighted by Crippen LogP contribution is 2.19. The van der Waals surface area contributed by atoms with Crippen molar-refractivity contribution in [2.45, 2.75) is 24.2 Å². The lowest BCUT2D eigenvalue weighted by atomic mass is 10.2. The van der Waals surface area contributed by atoms with Crippen molar-refractivity contribution in [1.29, 1.82) is 0 Å². The molecule has 1 rings (SSSR count). The molecule has 0 aliphatic heterocycles. The molecule has 0 atom stereocenters. The van der Waals surface area contributed by atoms with Crippen molar-refractivity contribution in [3.8, 4) is 0 Å². The molecule has 0 heterocycles. The zero-order valence-electron chi connectivity index (χ0n) is 13.4. The maximum Gasteiger partial charge on any atom is 0.191 e. The van der Waals surface area contributed by atoms with Crippen LogP contribution in [-0.4, -0.2) is 45.6 Å². The van der Waals surface area contributed by atoms with Crippen LogP contribution >= 0.6 is 23.4 Å². The van der Waals surface area contributed by atoms with Crippen LogP contribution in [0.5, 0.6) is 0 Å². The van der Waals surface area contributed by atoms with E-state index in [0.29, 0.717) is 0 Å². The first-order valence-corrected chi connectivity index (χ1v) is 8.94. The lowest BCUT2D eigenvalue weighted by Gasteiger charge is -2.11. The molecule has 22 heavy (non-hydrogen) atoms. The molecule has 0 bridgehead atoms. The van der Waals surface area contributed by atoms with Gasteiger partial charge in [0.1, 0.15) is 0 Å². The first-order chi connectivity index (χ1) is 10.8. The maximum absolute atomic E-state index is 5.87. The van der Waals surface area contributed by atoms with Gasteiger partial charge in [-0.2, -0.15) is 0 Å². The van der Waals surface area contributed by atoms with Crippen molar-refractivity contribution in [3.05, 3.63) is 29.3 Å². The second-order valence-electron chi connectivity index (χ2n) is 4.78. The van der Waals surface area contributed by atoms with Crippen molar-refractivity contribution in [2.24, 2.45) is 4.99 Å². The van der Waals surface area contributed by atoms with Gasteiger partial charge in [0.25, 0.3) is 0 Å². The number of ether oxygens (including phenoxy) is 1. The molecule has 124 valence electrons. The molecule has 4 nitrogen and oxygen atoms in total. The van der Waals surface area contributed by atoms with Crippen molar-refractivity contribution in [2.75, 3.05) is 39.6 Å². The van der Waals surface area contributed by atoms with Gasteiger partial charge in [0, 0.05) is 49.5 Å². The molecule has 0 unspecified atom stereocenters. The second kappa shape index (κ2) is 12.6. The summed E-state index contributed by atoms with van der Waals surface area (Å²) in [6.45, 7) is 2.65. The number of thioether (sulfide) groups is 1. The zero-order chi connectivity index (χ0) is 16.0. The second-order valence-corrected chi connectivity index (χ2v) is 6.39. The van der Waals surface area contributed by atoms with Gasteiger partial charge in [-0.15, -0.1) is 11.8 Å². The predicted octanol–water partition coefficient (Wildman–Crippen LogP) is 3.41. The van der Waals surface area contributed by atoms with Crippen LogP contribution in [0.25, 0.3) is 0 Å². The van der Waals surface area contributed by atoms with E-state index in [4.69, 9.17) is 16.3 Å². The van der Waals surface area contributed by atoms with Crippen LogP contribution in [-0.2, 0) is 4.74 Å². The summed E-state index contributed by atoms with van der Waals surface area (Å²) in [5, 5.41) is 7.42. The average molecular weight is 344 g/mol. The fraction of sp³-hybridized carbons (Fsp3) is 0.562. The topological polar surface area (TPSA) is 45.7 Å². The number of rotatable bonds is 10. The fourth-order valence-electron chi connectivity index (χ4n) is 1.84. The van der Waals surface area contributed by atoms with Crippen LogP contribution < -0.4 is 10.6 Å². The van der Waals surface area contributed by atoms with Gasteiger partial charge in [-0.3, -0.25) is 4.99 Å². The molecule has 0 amide bonds. The first-order valence-electron chi connectivity index (χ1n) is 7.58. The Kier molecular flexibility index (Phi) is 11.0. The Balaban J connectivity index is 2.07. The molecule has 0 aliphatic rings. The Hall–Kier alpha value is -0.910. The molecule has 6 heteroatoms. The Morgan fingerprint density at radius 1 is 1.14 bits per heavy atom. The maximum atomic E-state index is 5.87. The molecule has 0 aliphatic carbocycles. The summed E-state index contributed by atoms with van der Waals surface area (Å²) in [6.07, 6.45) is 3.41. The minimum atomic E-state index is 0.776. The number of hydrogen-bond donors (Lipinski definition) is 2. The Morgan fingerprint density at radius 2 is 1.86 bits per heavy atom. The van der Waals surface area contributed by atoms with Crippen LogP contribution in [0.4, 0.5) is 0 Å². The SMILES string of the molecule is CN=C(NCCCCCOC)NCCSc1ccc(Cl)cc1. The molecular weight excluding hydrogens is 318 g/mol. The van der Waals surface area contributed by atoms with E-state index in [-0.39, 0.29) is 0 Å². The highest BCUT2D eigenvalue weighted by Gasteiger charge is 1.98. The monoisotopic (exact) mass is 343 g/mol. The zero-order valence-corrected chi connectivity index (χ0v) is 15.0. The van der Waals surface area contributed by atoms with Crippen molar-refractivity contribution < 1.29 is 4.74 Å². The summed E-state index contributed by atoms with van der Waals surface area (Å²) in [4.78, 5) is 5.45. The standard InChI is InChI=1S/C16H26ClN3OS/c1-18-16(19-10-4-3-5-12-21-2)20-11-13-22-15-8-6-14(17)7-9-15/h6-9H,3-5,10-13H2,1-2H3,(H2,18,19,20). The Bertz CT molecular complexity index is 426. The third-order valence-electron chi connectivity index (χ3n) is 3.02. The number of halogens is 1. The average Bonchev–Trinajstić information content (AvgIpc) is 2.54. The molecule has 0 radical (unpaired) electrons. The molecule has 0 fully saturated rings. The first kappa shape index (κ1) is 19.1. The number of unbranched alkanes of at least 4 members (excludes halogenated alkanes) is 2. The van der Waals surface area contributed by atoms with Crippen molar-refractivity contribution in [3.63, 3.8) is 0 Å². The molecule has 0 saturated heterocycles. The number of aliphatic imine (C=N–C) groups is 1. The van der Waals surface area contributed by atoms with Gasteiger partial charge in [0.15, 0.2) is 5.96 Å². The van der Waals surface area contributed by atoms with Crippen molar-refractivity contribution in [1.82, 2.24) is 10.6 Å². The van der Waals surface area contributed by atoms with Gasteiger partial charge in [-0.1, -0.05) is 11.6 Å². The molecule has 1 aromatic rings. The number of benzene rings is 1. The summed E-state index contributed by atoms with van der Waals surface area (Å²) >= 11 is 7.67. The highest BCUT2D eigenvalue weighted by molar-refractivity contribution is 7.99. The summed E-state index contributed by atoms with van der Waals surface area (Å²) in [7, 11) is 3.54. The summed E-state index contributed by atoms with van der Waals surface area (Å²) < 4.78 is 5.03. The van der Waals surface area contributed by atoms with Crippen LogP contribution in [0.2, 0.25) is 5.02 Å². The summed E-state index contributed by atoms with van der Waals surface area (Å²) in [5.41, 5.74) is 0. The lowest BCUT2D eigenvalue weighted by molar-refractivity contribution is 0.192. The number of nitrogens with zero attached hydrogens (tertiary/aromatic N) is 1. The Morgan fingerprint density at radius 3 is 2.55 bits per heavy atom. The van der Waals surface area contributed by atoms with Gasteiger partial charge < -0.3 is 15.4 Å². The van der Waals surface area contributed by atoms with E-state index >= 15 is 0 Å². The van der Waals surface area contributed by atoms with Gasteiger partial charge in [-0.25, -0.2) is 0 Å². The molecule has 0 aromatic heterocycles. The Labute approximate surface area is 143 Å². The molecule has 1 aromatic carbocycles. The normalized spacial score (nSPS) is 11.5. The fourth-order valence-corrected chi connectivity index (χ4v) is 2.74. The minimum Gasteiger partial charge on any atom is -0.385 e. The van der Waals surface area contributed by atoms with E-state index in [2.05, 4.69) is 15.6 Å². The van der Waals surface area contributed by atoms with E-state index in [1.165, 1.54) is 11.3 Å². The number of nitrogens with one attached hydrogen (secondary N) is 2. The number of hydrogen-bond acceptors (Lipinski definition) is 3. The van der Waals surface area contributed by atoms with Gasteiger partial charge in [0.05, 0.1) is 0 Å². The number of methoxy groups -OCH3 is 1. The summed E-state index contributed by atoms with van der Waals surface area (Å²) in [6, 6.07) is 7.92. The van der Waals surface area contributed by atoms with Gasteiger partial charge in [-0.05, 0) is 43.5 Å². The van der Waals surface area contributed by atoms with Gasteiger partial charge >= 0.3 is 0 Å². The molecule has 2 N–H and O–H groups in total. The van der Waals surface area contributed by atoms with Crippen LogP contribution in [0.1, 0.15) is 19.3 Å². The third-order valence-corrected chi connectivity index (χ3v) is 4.28. The van der Waals surface area contributed by atoms with Crippen LogP contribution in [0.3, 0.4) is 0 Å². The van der Waals surface area contributed by atoms with E-state index < -0.39 is 0 Å². The predicted molar refractivity (Wildman–Crippen MR) is 97.3 cm³/mol.